The minimum absolute atomic E-state index is 0.326. The van der Waals surface area contributed by atoms with E-state index in [1.807, 2.05) is 12.3 Å². The van der Waals surface area contributed by atoms with E-state index < -0.39 is 0 Å². The third-order valence-electron chi connectivity index (χ3n) is 8.05. The van der Waals surface area contributed by atoms with Crippen molar-refractivity contribution < 1.29 is 4.52 Å². The Morgan fingerprint density at radius 1 is 1.23 bits per heavy atom. The fourth-order valence-electron chi connectivity index (χ4n) is 6.55. The lowest BCUT2D eigenvalue weighted by Gasteiger charge is -2.39. The zero-order chi connectivity index (χ0) is 24.2. The molecule has 3 aromatic heterocycles. The van der Waals surface area contributed by atoms with Crippen LogP contribution in [0.25, 0.3) is 11.5 Å². The molecule has 2 atom stereocenters. The predicted octanol–water partition coefficient (Wildman–Crippen LogP) is 4.14. The van der Waals surface area contributed by atoms with Crippen molar-refractivity contribution in [1.82, 2.24) is 20.0 Å². The number of rotatable bonds is 2. The molecule has 9 heteroatoms. The Kier molecular flexibility index (Phi) is 5.53. The molecule has 1 saturated heterocycles. The van der Waals surface area contributed by atoms with Gasteiger partial charge in [0.2, 0.25) is 0 Å². The zero-order valence-electron chi connectivity index (χ0n) is 20.4. The van der Waals surface area contributed by atoms with Crippen molar-refractivity contribution in [2.45, 2.75) is 63.3 Å². The number of nitriles is 1. The van der Waals surface area contributed by atoms with Gasteiger partial charge in [-0.2, -0.15) is 5.26 Å². The van der Waals surface area contributed by atoms with E-state index in [0.29, 0.717) is 22.4 Å². The van der Waals surface area contributed by atoms with Crippen LogP contribution < -0.4 is 10.6 Å². The number of hydrogen-bond acceptors (Lipinski definition) is 9. The molecular formula is C26H31N7OS. The van der Waals surface area contributed by atoms with Gasteiger partial charge in [0.05, 0.1) is 11.0 Å². The van der Waals surface area contributed by atoms with Crippen molar-refractivity contribution in [3.8, 4) is 17.6 Å². The molecule has 3 aliphatic rings. The molecule has 2 aliphatic carbocycles. The van der Waals surface area contributed by atoms with E-state index in [-0.39, 0.29) is 5.41 Å². The van der Waals surface area contributed by atoms with Crippen LogP contribution in [0.15, 0.2) is 16.8 Å². The second kappa shape index (κ2) is 8.61. The Morgan fingerprint density at radius 3 is 2.89 bits per heavy atom. The molecule has 8 nitrogen and oxygen atoms in total. The van der Waals surface area contributed by atoms with Crippen LogP contribution in [-0.4, -0.2) is 52.7 Å². The molecule has 182 valence electrons. The predicted molar refractivity (Wildman–Crippen MR) is 137 cm³/mol. The molecule has 1 aliphatic heterocycles. The van der Waals surface area contributed by atoms with Gasteiger partial charge in [-0.3, -0.25) is 0 Å². The fraction of sp³-hybridized carbons (Fsp3) is 0.538. The molecule has 0 aromatic carbocycles. The van der Waals surface area contributed by atoms with Crippen LogP contribution in [0.3, 0.4) is 0 Å². The van der Waals surface area contributed by atoms with Crippen LogP contribution in [0.5, 0.6) is 0 Å². The average Bonchev–Trinajstić information content (AvgIpc) is 3.39. The van der Waals surface area contributed by atoms with Crippen LogP contribution in [0.2, 0.25) is 0 Å². The molecule has 0 amide bonds. The number of aryl methyl sites for hydroxylation is 1. The highest BCUT2D eigenvalue weighted by atomic mass is 32.1. The van der Waals surface area contributed by atoms with E-state index in [1.54, 1.807) is 11.3 Å². The number of fused-ring (bicyclic) bond motifs is 4. The van der Waals surface area contributed by atoms with Gasteiger partial charge in [-0.1, -0.05) is 5.16 Å². The summed E-state index contributed by atoms with van der Waals surface area (Å²) >= 11 is 1.57. The Balaban J connectivity index is 1.42. The van der Waals surface area contributed by atoms with Gasteiger partial charge in [0.25, 0.3) is 0 Å². The molecule has 6 rings (SSSR count). The molecule has 0 bridgehead atoms. The van der Waals surface area contributed by atoms with Gasteiger partial charge in [-0.05, 0) is 77.1 Å². The number of nitrogens with two attached hydrogens (primary N) is 1. The van der Waals surface area contributed by atoms with Crippen LogP contribution >= 0.6 is 11.3 Å². The van der Waals surface area contributed by atoms with Crippen molar-refractivity contribution in [3.63, 3.8) is 0 Å². The summed E-state index contributed by atoms with van der Waals surface area (Å²) in [5.74, 6) is 2.46. The first-order valence-electron chi connectivity index (χ1n) is 12.6. The standard InChI is InChI=1S/C26H31N7OS/c1-16-15-32(2)12-5-13-33(16)20-8-11-29-25(30-20)22-17-6-3-9-26(23(17)34-31-22)10-4-7-19-21(26)18(14-27)24(28)35-19/h8,11,16H,3-7,9-10,12-13,15,28H2,1-2H3/t16-,26-/m0/s1. The van der Waals surface area contributed by atoms with Crippen LogP contribution in [0.4, 0.5) is 10.8 Å². The van der Waals surface area contributed by atoms with Gasteiger partial charge in [0.15, 0.2) is 17.3 Å². The summed E-state index contributed by atoms with van der Waals surface area (Å²) in [5.41, 5.74) is 9.52. The number of anilines is 2. The van der Waals surface area contributed by atoms with Crippen molar-refractivity contribution in [1.29, 1.82) is 5.26 Å². The van der Waals surface area contributed by atoms with Gasteiger partial charge < -0.3 is 20.1 Å². The van der Waals surface area contributed by atoms with E-state index in [9.17, 15) is 5.26 Å². The third kappa shape index (κ3) is 3.54. The molecule has 2 N–H and O–H groups in total. The molecule has 0 radical (unpaired) electrons. The molecule has 35 heavy (non-hydrogen) atoms. The first kappa shape index (κ1) is 22.5. The van der Waals surface area contributed by atoms with Crippen LogP contribution in [0, 0.1) is 11.3 Å². The van der Waals surface area contributed by atoms with Crippen molar-refractivity contribution in [3.05, 3.63) is 39.6 Å². The van der Waals surface area contributed by atoms with Gasteiger partial charge in [-0.25, -0.2) is 9.97 Å². The van der Waals surface area contributed by atoms with Crippen LogP contribution in [0.1, 0.15) is 66.4 Å². The number of likely N-dealkylation sites (N-methyl/N-ethyl adjacent to an activating group) is 1. The monoisotopic (exact) mass is 489 g/mol. The maximum absolute atomic E-state index is 9.92. The summed E-state index contributed by atoms with van der Waals surface area (Å²) in [6.07, 6.45) is 8.76. The lowest BCUT2D eigenvalue weighted by molar-refractivity contribution is 0.265. The number of nitrogens with zero attached hydrogens (tertiary/aromatic N) is 6. The van der Waals surface area contributed by atoms with Gasteiger partial charge in [-0.15, -0.1) is 11.3 Å². The van der Waals surface area contributed by atoms with Crippen molar-refractivity contribution in [2.75, 3.05) is 37.3 Å². The second-order valence-electron chi connectivity index (χ2n) is 10.3. The summed E-state index contributed by atoms with van der Waals surface area (Å²) in [7, 11) is 2.18. The number of hydrogen-bond donors (Lipinski definition) is 1. The largest absolute Gasteiger partial charge is 0.389 e. The summed E-state index contributed by atoms with van der Waals surface area (Å²) in [4.78, 5) is 15.6. The average molecular weight is 490 g/mol. The molecule has 1 spiro atoms. The third-order valence-corrected chi connectivity index (χ3v) is 9.13. The van der Waals surface area contributed by atoms with E-state index >= 15 is 0 Å². The number of nitrogen functional groups attached to an aromatic ring is 1. The highest BCUT2D eigenvalue weighted by Gasteiger charge is 2.48. The van der Waals surface area contributed by atoms with E-state index in [0.717, 1.165) is 93.0 Å². The van der Waals surface area contributed by atoms with E-state index in [1.165, 1.54) is 4.88 Å². The van der Waals surface area contributed by atoms with Crippen LogP contribution in [-0.2, 0) is 18.3 Å². The van der Waals surface area contributed by atoms with Crippen molar-refractivity contribution >= 4 is 22.2 Å². The highest BCUT2D eigenvalue weighted by Crippen LogP contribution is 2.55. The second-order valence-corrected chi connectivity index (χ2v) is 11.4. The Labute approximate surface area is 209 Å². The van der Waals surface area contributed by atoms with E-state index in [2.05, 4.69) is 40.0 Å². The van der Waals surface area contributed by atoms with E-state index in [4.69, 9.17) is 15.2 Å². The van der Waals surface area contributed by atoms with Crippen molar-refractivity contribution in [2.24, 2.45) is 0 Å². The minimum atomic E-state index is -0.326. The summed E-state index contributed by atoms with van der Waals surface area (Å²) in [6.45, 7) is 5.33. The maximum Gasteiger partial charge on any atom is 0.184 e. The molecule has 3 aromatic rings. The normalized spacial score (nSPS) is 24.6. The summed E-state index contributed by atoms with van der Waals surface area (Å²) in [6, 6.07) is 4.76. The SMILES string of the molecule is C[C@H]1CN(C)CCCN1c1ccnc(-c2noc3c2CCC[C@@]32CCCc3sc(N)c(C#N)c32)n1. The molecule has 1 fully saturated rings. The lowest BCUT2D eigenvalue weighted by Crippen LogP contribution is -2.38. The maximum atomic E-state index is 9.92. The zero-order valence-corrected chi connectivity index (χ0v) is 21.2. The number of thiophene rings is 1. The van der Waals surface area contributed by atoms with Gasteiger partial charge in [0.1, 0.15) is 16.9 Å². The summed E-state index contributed by atoms with van der Waals surface area (Å²) in [5, 5.41) is 15.1. The van der Waals surface area contributed by atoms with Gasteiger partial charge >= 0.3 is 0 Å². The Bertz CT molecular complexity index is 1300. The molecule has 4 heterocycles. The minimum Gasteiger partial charge on any atom is -0.389 e. The van der Waals surface area contributed by atoms with Gasteiger partial charge in [0, 0.05) is 35.8 Å². The smallest absolute Gasteiger partial charge is 0.184 e. The molecular weight excluding hydrogens is 458 g/mol. The Hall–Kier alpha value is -2.96. The summed E-state index contributed by atoms with van der Waals surface area (Å²) < 4.78 is 6.15. The lowest BCUT2D eigenvalue weighted by atomic mass is 9.63. The topological polar surface area (TPSA) is 108 Å². The molecule has 0 saturated carbocycles. The molecule has 0 unspecified atom stereocenters. The fourth-order valence-corrected chi connectivity index (χ4v) is 7.71. The first-order chi connectivity index (χ1) is 17.0. The quantitative estimate of drug-likeness (QED) is 0.572. The first-order valence-corrected chi connectivity index (χ1v) is 13.4. The highest BCUT2D eigenvalue weighted by molar-refractivity contribution is 7.16. The number of aromatic nitrogens is 3. The Morgan fingerprint density at radius 2 is 2.06 bits per heavy atom.